The van der Waals surface area contributed by atoms with Gasteiger partial charge >= 0.3 is 0 Å². The summed E-state index contributed by atoms with van der Waals surface area (Å²) in [5.74, 6) is 1.35. The summed E-state index contributed by atoms with van der Waals surface area (Å²) in [6.45, 7) is 5.97. The van der Waals surface area contributed by atoms with Crippen molar-refractivity contribution in [1.82, 2.24) is 0 Å². The standard InChI is InChI=1S/C12H18O3/c1-5-15-11-8-9(12(2,3)13)6-7-10(11)14-4/h6-8,13H,5H2,1-4H3. The van der Waals surface area contributed by atoms with Gasteiger partial charge in [0.1, 0.15) is 0 Å². The number of rotatable bonds is 4. The van der Waals surface area contributed by atoms with Crippen LogP contribution < -0.4 is 9.47 Å². The highest BCUT2D eigenvalue weighted by Gasteiger charge is 2.18. The summed E-state index contributed by atoms with van der Waals surface area (Å²) in [6.07, 6.45) is 0. The molecule has 0 aromatic heterocycles. The summed E-state index contributed by atoms with van der Waals surface area (Å²) in [4.78, 5) is 0. The molecule has 84 valence electrons. The molecule has 1 aromatic rings. The molecule has 0 amide bonds. The second kappa shape index (κ2) is 4.53. The highest BCUT2D eigenvalue weighted by molar-refractivity contribution is 5.44. The van der Waals surface area contributed by atoms with Crippen LogP contribution in [0.25, 0.3) is 0 Å². The number of benzene rings is 1. The van der Waals surface area contributed by atoms with Gasteiger partial charge in [-0.05, 0) is 38.5 Å². The van der Waals surface area contributed by atoms with Crippen LogP contribution in [0.2, 0.25) is 0 Å². The Morgan fingerprint density at radius 3 is 2.40 bits per heavy atom. The van der Waals surface area contributed by atoms with E-state index in [0.717, 1.165) is 5.56 Å². The first-order valence-corrected chi connectivity index (χ1v) is 5.02. The molecule has 0 aliphatic heterocycles. The van der Waals surface area contributed by atoms with Crippen LogP contribution in [0.15, 0.2) is 18.2 Å². The maximum absolute atomic E-state index is 9.85. The van der Waals surface area contributed by atoms with Crippen molar-refractivity contribution in [2.45, 2.75) is 26.4 Å². The number of hydrogen-bond donors (Lipinski definition) is 1. The third kappa shape index (κ3) is 2.86. The summed E-state index contributed by atoms with van der Waals surface area (Å²) < 4.78 is 10.6. The van der Waals surface area contributed by atoms with Crippen molar-refractivity contribution >= 4 is 0 Å². The first-order chi connectivity index (χ1) is 6.99. The van der Waals surface area contributed by atoms with Gasteiger partial charge in [0.05, 0.1) is 19.3 Å². The average Bonchev–Trinajstić information content (AvgIpc) is 2.17. The average molecular weight is 210 g/mol. The smallest absolute Gasteiger partial charge is 0.161 e. The summed E-state index contributed by atoms with van der Waals surface area (Å²) in [5, 5.41) is 9.85. The van der Waals surface area contributed by atoms with Gasteiger partial charge in [0, 0.05) is 0 Å². The van der Waals surface area contributed by atoms with Crippen LogP contribution in [0.5, 0.6) is 11.5 Å². The van der Waals surface area contributed by atoms with Gasteiger partial charge in [0.15, 0.2) is 11.5 Å². The minimum atomic E-state index is -0.863. The molecule has 0 bridgehead atoms. The van der Waals surface area contributed by atoms with Gasteiger partial charge < -0.3 is 14.6 Å². The fourth-order valence-electron chi connectivity index (χ4n) is 1.33. The molecule has 0 radical (unpaired) electrons. The molecule has 3 heteroatoms. The Morgan fingerprint density at radius 2 is 1.93 bits per heavy atom. The Bertz CT molecular complexity index is 326. The zero-order valence-corrected chi connectivity index (χ0v) is 9.70. The van der Waals surface area contributed by atoms with Crippen molar-refractivity contribution in [3.8, 4) is 11.5 Å². The van der Waals surface area contributed by atoms with Gasteiger partial charge in [-0.3, -0.25) is 0 Å². The lowest BCUT2D eigenvalue weighted by molar-refractivity contribution is 0.0782. The number of methoxy groups -OCH3 is 1. The van der Waals surface area contributed by atoms with Gasteiger partial charge in [0.25, 0.3) is 0 Å². The van der Waals surface area contributed by atoms with Crippen molar-refractivity contribution < 1.29 is 14.6 Å². The topological polar surface area (TPSA) is 38.7 Å². The van der Waals surface area contributed by atoms with E-state index in [9.17, 15) is 5.11 Å². The van der Waals surface area contributed by atoms with Crippen molar-refractivity contribution in [3.63, 3.8) is 0 Å². The summed E-state index contributed by atoms with van der Waals surface area (Å²) in [6, 6.07) is 5.45. The second-order valence-corrected chi connectivity index (χ2v) is 3.86. The molecule has 15 heavy (non-hydrogen) atoms. The van der Waals surface area contributed by atoms with Gasteiger partial charge in [0.2, 0.25) is 0 Å². The van der Waals surface area contributed by atoms with Gasteiger partial charge in [-0.15, -0.1) is 0 Å². The third-order valence-corrected chi connectivity index (χ3v) is 2.17. The van der Waals surface area contributed by atoms with Gasteiger partial charge in [-0.2, -0.15) is 0 Å². The lowest BCUT2D eigenvalue weighted by Gasteiger charge is -2.19. The van der Waals surface area contributed by atoms with Crippen LogP contribution in [-0.4, -0.2) is 18.8 Å². The van der Waals surface area contributed by atoms with E-state index in [4.69, 9.17) is 9.47 Å². The number of hydrogen-bond acceptors (Lipinski definition) is 3. The Kier molecular flexibility index (Phi) is 3.58. The summed E-state index contributed by atoms with van der Waals surface area (Å²) in [7, 11) is 1.60. The largest absolute Gasteiger partial charge is 0.493 e. The van der Waals surface area contributed by atoms with E-state index in [2.05, 4.69) is 0 Å². The zero-order chi connectivity index (χ0) is 11.5. The predicted octanol–water partition coefficient (Wildman–Crippen LogP) is 2.32. The normalized spacial score (nSPS) is 11.3. The second-order valence-electron chi connectivity index (χ2n) is 3.86. The third-order valence-electron chi connectivity index (χ3n) is 2.17. The van der Waals surface area contributed by atoms with E-state index in [1.165, 1.54) is 0 Å². The molecule has 1 aromatic carbocycles. The summed E-state index contributed by atoms with van der Waals surface area (Å²) >= 11 is 0. The van der Waals surface area contributed by atoms with Gasteiger partial charge in [-0.25, -0.2) is 0 Å². The van der Waals surface area contributed by atoms with Crippen molar-refractivity contribution in [1.29, 1.82) is 0 Å². The first-order valence-electron chi connectivity index (χ1n) is 5.02. The van der Waals surface area contributed by atoms with Crippen LogP contribution in [0, 0.1) is 0 Å². The molecule has 0 heterocycles. The SMILES string of the molecule is CCOc1cc(C(C)(C)O)ccc1OC. The van der Waals surface area contributed by atoms with E-state index in [1.807, 2.05) is 19.1 Å². The molecular formula is C12H18O3. The minimum absolute atomic E-state index is 0.575. The molecule has 0 saturated carbocycles. The molecular weight excluding hydrogens is 192 g/mol. The van der Waals surface area contributed by atoms with Crippen LogP contribution in [-0.2, 0) is 5.60 Å². The van der Waals surface area contributed by atoms with Crippen LogP contribution >= 0.6 is 0 Å². The van der Waals surface area contributed by atoms with Crippen molar-refractivity contribution in [3.05, 3.63) is 23.8 Å². The highest BCUT2D eigenvalue weighted by Crippen LogP contribution is 2.32. The van der Waals surface area contributed by atoms with Crippen LogP contribution in [0.3, 0.4) is 0 Å². The Morgan fingerprint density at radius 1 is 1.27 bits per heavy atom. The van der Waals surface area contributed by atoms with E-state index in [-0.39, 0.29) is 0 Å². The maximum atomic E-state index is 9.85. The lowest BCUT2D eigenvalue weighted by Crippen LogP contribution is -2.15. The van der Waals surface area contributed by atoms with Crippen molar-refractivity contribution in [2.24, 2.45) is 0 Å². The molecule has 0 spiro atoms. The first kappa shape index (κ1) is 11.9. The summed E-state index contributed by atoms with van der Waals surface area (Å²) in [5.41, 5.74) is -0.0512. The number of aliphatic hydroxyl groups is 1. The van der Waals surface area contributed by atoms with Gasteiger partial charge in [-0.1, -0.05) is 6.07 Å². The molecule has 1 rings (SSSR count). The molecule has 0 atom stereocenters. The molecule has 0 aliphatic rings. The zero-order valence-electron chi connectivity index (χ0n) is 9.70. The molecule has 0 unspecified atom stereocenters. The monoisotopic (exact) mass is 210 g/mol. The lowest BCUT2D eigenvalue weighted by atomic mass is 9.98. The van der Waals surface area contributed by atoms with Crippen molar-refractivity contribution in [2.75, 3.05) is 13.7 Å². The fourth-order valence-corrected chi connectivity index (χ4v) is 1.33. The minimum Gasteiger partial charge on any atom is -0.493 e. The molecule has 0 saturated heterocycles. The Labute approximate surface area is 90.6 Å². The quantitative estimate of drug-likeness (QED) is 0.828. The van der Waals surface area contributed by atoms with E-state index in [0.29, 0.717) is 18.1 Å². The molecule has 0 aliphatic carbocycles. The Balaban J connectivity index is 3.10. The van der Waals surface area contributed by atoms with Crippen LogP contribution in [0.1, 0.15) is 26.3 Å². The predicted molar refractivity (Wildman–Crippen MR) is 59.4 cm³/mol. The molecule has 3 nitrogen and oxygen atoms in total. The van der Waals surface area contributed by atoms with E-state index >= 15 is 0 Å². The Hall–Kier alpha value is -1.22. The molecule has 1 N–H and O–H groups in total. The molecule has 0 fully saturated rings. The highest BCUT2D eigenvalue weighted by atomic mass is 16.5. The fraction of sp³-hybridized carbons (Fsp3) is 0.500. The van der Waals surface area contributed by atoms with E-state index < -0.39 is 5.60 Å². The van der Waals surface area contributed by atoms with E-state index in [1.54, 1.807) is 27.0 Å². The number of ether oxygens (including phenoxy) is 2. The van der Waals surface area contributed by atoms with Crippen LogP contribution in [0.4, 0.5) is 0 Å². The maximum Gasteiger partial charge on any atom is 0.161 e.